The van der Waals surface area contributed by atoms with Gasteiger partial charge < -0.3 is 27.7 Å². The number of anilines is 2. The van der Waals surface area contributed by atoms with Crippen LogP contribution in [0.3, 0.4) is 0 Å². The predicted octanol–water partition coefficient (Wildman–Crippen LogP) is 6.04. The fraction of sp³-hybridized carbons (Fsp3) is 0.310. The molecule has 3 aromatic rings. The summed E-state index contributed by atoms with van der Waals surface area (Å²) in [6.07, 6.45) is 2.73. The van der Waals surface area contributed by atoms with Crippen LogP contribution >= 0.6 is 11.6 Å². The van der Waals surface area contributed by atoms with E-state index in [-0.39, 0.29) is 78.2 Å². The first-order valence-electron chi connectivity index (χ1n) is 12.3. The molecule has 2 N–H and O–H groups in total. The topological polar surface area (TPSA) is 60.8 Å². The zero-order chi connectivity index (χ0) is 30.2. The van der Waals surface area contributed by atoms with E-state index in [1.54, 1.807) is 0 Å². The molecule has 0 aliphatic heterocycles. The number of nitrogens with zero attached hydrogens (tertiary/aromatic N) is 1. The Morgan fingerprint density at radius 1 is 0.976 bits per heavy atom. The van der Waals surface area contributed by atoms with Crippen molar-refractivity contribution in [2.45, 2.75) is 50.1 Å². The maximum atomic E-state index is 14.3. The number of alkyl halides is 3. The standard InChI is InChI=1S/C21H12ClF5NO2S.C7H14.CH4O.K/c1-28(17-5-3-11(7-16(17)24)21(25,26)27)18-9-14(22)12(8-19(18)31)10-2-4-15(23)13(6-10)20(29)30;1-7-5-3-2-4-6-7;1-2;/h2-9,31H,1H2,(H,29,30);7H,2-6H2,1H3;2H,1H3;/q-1;;;+1/p-1. The summed E-state index contributed by atoms with van der Waals surface area (Å²) in [5, 5.41) is 16.1. The van der Waals surface area contributed by atoms with Crippen LogP contribution in [0.5, 0.6) is 0 Å². The molecular weight excluding hydrogens is 612 g/mol. The first kappa shape index (κ1) is 37.7. The molecule has 0 heterocycles. The van der Waals surface area contributed by atoms with Crippen molar-refractivity contribution in [1.29, 1.82) is 0 Å². The maximum absolute atomic E-state index is 14.3. The normalized spacial score (nSPS) is 13.1. The smallest absolute Gasteiger partial charge is 0.778 e. The Kier molecular flexibility index (Phi) is 15.7. The monoisotopic (exact) mass is 640 g/mol. The van der Waals surface area contributed by atoms with Crippen LogP contribution in [0.4, 0.5) is 33.3 Å². The van der Waals surface area contributed by atoms with Crippen LogP contribution in [0.2, 0.25) is 5.02 Å². The molecule has 4 rings (SSSR count). The van der Waals surface area contributed by atoms with E-state index < -0.39 is 34.9 Å². The van der Waals surface area contributed by atoms with Crippen LogP contribution in [-0.4, -0.2) is 23.3 Å². The molecule has 3 aromatic carbocycles. The Balaban J connectivity index is 0.000000724. The summed E-state index contributed by atoms with van der Waals surface area (Å²) < 4.78 is 66.2. The number of carboxylic acids is 1. The van der Waals surface area contributed by atoms with E-state index in [1.165, 1.54) is 50.3 Å². The molecule has 0 amide bonds. The Bertz CT molecular complexity index is 1320. The third-order valence-corrected chi connectivity index (χ3v) is 6.95. The fourth-order valence-electron chi connectivity index (χ4n) is 4.17. The first-order chi connectivity index (χ1) is 18.8. The second kappa shape index (κ2) is 17.1. The average molecular weight is 641 g/mol. The third-order valence-electron chi connectivity index (χ3n) is 6.31. The summed E-state index contributed by atoms with van der Waals surface area (Å²) in [5.41, 5.74) is -1.29. The molecule has 1 aliphatic rings. The van der Waals surface area contributed by atoms with E-state index in [4.69, 9.17) is 34.4 Å². The van der Waals surface area contributed by atoms with Crippen LogP contribution in [0.1, 0.15) is 54.9 Å². The Morgan fingerprint density at radius 2 is 1.59 bits per heavy atom. The van der Waals surface area contributed by atoms with E-state index >= 15 is 0 Å². The molecular formula is C29H29ClF5KNO3S-. The molecule has 0 aromatic heterocycles. The maximum Gasteiger partial charge on any atom is 1.00 e. The number of halogens is 6. The van der Waals surface area contributed by atoms with Crippen LogP contribution in [-0.2, 0) is 18.8 Å². The van der Waals surface area contributed by atoms with E-state index in [1.807, 2.05) is 0 Å². The van der Waals surface area contributed by atoms with Gasteiger partial charge in [0, 0.05) is 12.8 Å². The quantitative estimate of drug-likeness (QED) is 0.158. The minimum Gasteiger partial charge on any atom is -0.778 e. The number of aliphatic hydroxyl groups is 1. The minimum atomic E-state index is -4.70. The molecule has 0 bridgehead atoms. The minimum absolute atomic E-state index is 0. The number of hydrogen-bond donors (Lipinski definition) is 2. The second-order valence-corrected chi connectivity index (χ2v) is 9.98. The molecule has 41 heavy (non-hydrogen) atoms. The van der Waals surface area contributed by atoms with Crippen LogP contribution in [0, 0.1) is 24.6 Å². The average Bonchev–Trinajstić information content (AvgIpc) is 2.91. The van der Waals surface area contributed by atoms with E-state index in [0.717, 1.165) is 36.1 Å². The predicted molar refractivity (Wildman–Crippen MR) is 149 cm³/mol. The van der Waals surface area contributed by atoms with Crippen molar-refractivity contribution < 1.29 is 88.3 Å². The molecule has 4 nitrogen and oxygen atoms in total. The number of aromatic carboxylic acids is 1. The number of aliphatic hydroxyl groups excluding tert-OH is 1. The van der Waals surface area contributed by atoms with Crippen molar-refractivity contribution in [2.75, 3.05) is 12.0 Å². The molecule has 0 unspecified atom stereocenters. The van der Waals surface area contributed by atoms with Gasteiger partial charge in [0.15, 0.2) is 0 Å². The summed E-state index contributed by atoms with van der Waals surface area (Å²) in [7, 11) is 4.64. The van der Waals surface area contributed by atoms with Crippen molar-refractivity contribution in [3.05, 3.63) is 83.4 Å². The van der Waals surface area contributed by atoms with Crippen molar-refractivity contribution in [2.24, 2.45) is 5.92 Å². The zero-order valence-electron chi connectivity index (χ0n) is 22.9. The van der Waals surface area contributed by atoms with Gasteiger partial charge in [-0.1, -0.05) is 62.8 Å². The van der Waals surface area contributed by atoms with Gasteiger partial charge in [-0.2, -0.15) is 18.1 Å². The van der Waals surface area contributed by atoms with Gasteiger partial charge in [0.25, 0.3) is 0 Å². The van der Waals surface area contributed by atoms with E-state index in [0.29, 0.717) is 17.7 Å². The van der Waals surface area contributed by atoms with Gasteiger partial charge in [-0.25, -0.2) is 13.6 Å². The Hall–Kier alpha value is -1.31. The SMILES string of the molecule is CC1CCCCC1.CO.[CH2-]N(c1ccc(C(F)(F)F)cc1F)c1cc(Cl)c(-c2ccc(F)c(C(=O)O)c2)cc1[S-].[K+]. The molecule has 0 saturated heterocycles. The van der Waals surface area contributed by atoms with Gasteiger partial charge in [0.2, 0.25) is 0 Å². The Morgan fingerprint density at radius 3 is 2.07 bits per heavy atom. The van der Waals surface area contributed by atoms with Crippen molar-refractivity contribution in [1.82, 2.24) is 0 Å². The van der Waals surface area contributed by atoms with Crippen LogP contribution in [0.25, 0.3) is 11.1 Å². The van der Waals surface area contributed by atoms with E-state index in [2.05, 4.69) is 14.0 Å². The number of rotatable bonds is 4. The van der Waals surface area contributed by atoms with Crippen molar-refractivity contribution in [3.63, 3.8) is 0 Å². The summed E-state index contributed by atoms with van der Waals surface area (Å²) in [6.45, 7) is 2.36. The van der Waals surface area contributed by atoms with Crippen LogP contribution < -0.4 is 56.3 Å². The fourth-order valence-corrected chi connectivity index (χ4v) is 4.72. The molecule has 0 atom stereocenters. The number of hydrogen-bond acceptors (Lipinski definition) is 4. The van der Waals surface area contributed by atoms with Gasteiger partial charge in [-0.15, -0.1) is 0 Å². The van der Waals surface area contributed by atoms with Gasteiger partial charge in [-0.3, -0.25) is 7.05 Å². The van der Waals surface area contributed by atoms with Gasteiger partial charge in [-0.05, 0) is 59.1 Å². The third kappa shape index (κ3) is 10.4. The Labute approximate surface area is 289 Å². The largest absolute Gasteiger partial charge is 1.00 e. The molecule has 12 heteroatoms. The molecule has 1 saturated carbocycles. The second-order valence-electron chi connectivity index (χ2n) is 9.13. The van der Waals surface area contributed by atoms with Gasteiger partial charge in [0.05, 0.1) is 16.1 Å². The molecule has 1 aliphatic carbocycles. The zero-order valence-corrected chi connectivity index (χ0v) is 27.6. The van der Waals surface area contributed by atoms with Crippen molar-refractivity contribution >= 4 is 41.6 Å². The van der Waals surface area contributed by atoms with E-state index in [9.17, 15) is 26.7 Å². The van der Waals surface area contributed by atoms with Gasteiger partial charge in [0.1, 0.15) is 11.6 Å². The summed E-state index contributed by atoms with van der Waals surface area (Å²) in [4.78, 5) is 12.3. The first-order valence-corrected chi connectivity index (χ1v) is 13.0. The molecule has 218 valence electrons. The number of carboxylic acid groups (broad SMARTS) is 1. The summed E-state index contributed by atoms with van der Waals surface area (Å²) >= 11 is 11.6. The summed E-state index contributed by atoms with van der Waals surface area (Å²) in [6, 6.07) is 8.04. The van der Waals surface area contributed by atoms with Gasteiger partial charge >= 0.3 is 63.5 Å². The molecule has 0 spiro atoms. The number of carbonyl (C=O) groups is 1. The molecule has 1 fully saturated rings. The summed E-state index contributed by atoms with van der Waals surface area (Å²) in [5.74, 6) is -2.52. The molecule has 0 radical (unpaired) electrons. The van der Waals surface area contributed by atoms with Crippen LogP contribution in [0.15, 0.2) is 53.4 Å². The van der Waals surface area contributed by atoms with Crippen molar-refractivity contribution in [3.8, 4) is 11.1 Å². The number of benzene rings is 3.